The van der Waals surface area contributed by atoms with E-state index in [9.17, 15) is 0 Å². The van der Waals surface area contributed by atoms with Crippen molar-refractivity contribution >= 4 is 20.2 Å². The number of hydrogen-bond donors (Lipinski definition) is 0. The van der Waals surface area contributed by atoms with Crippen molar-refractivity contribution in [2.45, 2.75) is 58.9 Å². The van der Waals surface area contributed by atoms with Gasteiger partial charge in [-0.3, -0.25) is 0 Å². The Labute approximate surface area is 94.2 Å². The molecule has 0 aromatic carbocycles. The third-order valence-electron chi connectivity index (χ3n) is 1.73. The van der Waals surface area contributed by atoms with Crippen LogP contribution in [-0.2, 0) is 8.85 Å². The fraction of sp³-hybridized carbons (Fsp3) is 1.00. The first-order valence-corrected chi connectivity index (χ1v) is 8.37. The molecule has 2 nitrogen and oxygen atoms in total. The van der Waals surface area contributed by atoms with Crippen molar-refractivity contribution in [3.05, 3.63) is 0 Å². The Bertz CT molecular complexity index is 141. The summed E-state index contributed by atoms with van der Waals surface area (Å²) in [6.07, 6.45) is 1.45. The lowest BCUT2D eigenvalue weighted by molar-refractivity contribution is 0.109. The van der Waals surface area contributed by atoms with Crippen molar-refractivity contribution in [3.63, 3.8) is 0 Å². The third kappa shape index (κ3) is 6.82. The van der Waals surface area contributed by atoms with Gasteiger partial charge in [-0.15, -0.1) is 11.6 Å². The molecule has 14 heavy (non-hydrogen) atoms. The second kappa shape index (κ2) is 6.83. The van der Waals surface area contributed by atoms with Crippen molar-refractivity contribution in [2.24, 2.45) is 0 Å². The van der Waals surface area contributed by atoms with Gasteiger partial charge in [-0.25, -0.2) is 0 Å². The molecule has 4 heteroatoms. The summed E-state index contributed by atoms with van der Waals surface area (Å²) in [5.74, 6) is 0.686. The van der Waals surface area contributed by atoms with Gasteiger partial charge in [0.1, 0.15) is 0 Å². The summed E-state index contributed by atoms with van der Waals surface area (Å²) in [5, 5.41) is 0. The summed E-state index contributed by atoms with van der Waals surface area (Å²) in [7, 11) is -1.98. The van der Waals surface area contributed by atoms with Crippen LogP contribution in [0.15, 0.2) is 0 Å². The highest BCUT2D eigenvalue weighted by Gasteiger charge is 2.33. The number of rotatable bonds is 7. The van der Waals surface area contributed by atoms with Gasteiger partial charge in [0, 0.05) is 18.1 Å². The summed E-state index contributed by atoms with van der Waals surface area (Å²) in [6, 6.07) is 0.979. The molecule has 0 saturated heterocycles. The lowest BCUT2D eigenvalue weighted by Crippen LogP contribution is -2.42. The monoisotopic (exact) mass is 238 g/mol. The van der Waals surface area contributed by atoms with Gasteiger partial charge in [0.05, 0.1) is 0 Å². The van der Waals surface area contributed by atoms with E-state index in [2.05, 4.69) is 34.2 Å². The van der Waals surface area contributed by atoms with Crippen LogP contribution in [-0.4, -0.2) is 26.6 Å². The third-order valence-corrected chi connectivity index (χ3v) is 5.20. The molecule has 0 saturated carbocycles. The molecule has 0 radical (unpaired) electrons. The van der Waals surface area contributed by atoms with Crippen molar-refractivity contribution in [3.8, 4) is 0 Å². The zero-order valence-electron chi connectivity index (χ0n) is 9.97. The van der Waals surface area contributed by atoms with E-state index in [0.717, 1.165) is 12.5 Å². The molecule has 0 spiro atoms. The van der Waals surface area contributed by atoms with Crippen LogP contribution in [0.4, 0.5) is 0 Å². The summed E-state index contributed by atoms with van der Waals surface area (Å²) < 4.78 is 11.8. The maximum atomic E-state index is 5.91. The summed E-state index contributed by atoms with van der Waals surface area (Å²) in [4.78, 5) is 0. The average Bonchev–Trinajstić information content (AvgIpc) is 1.97. The highest BCUT2D eigenvalue weighted by atomic mass is 35.5. The van der Waals surface area contributed by atoms with Gasteiger partial charge >= 0.3 is 8.56 Å². The van der Waals surface area contributed by atoms with Crippen molar-refractivity contribution < 1.29 is 8.85 Å². The van der Waals surface area contributed by atoms with E-state index in [4.69, 9.17) is 20.5 Å². The molecule has 0 unspecified atom stereocenters. The lowest BCUT2D eigenvalue weighted by Gasteiger charge is -2.30. The minimum Gasteiger partial charge on any atom is -0.392 e. The Morgan fingerprint density at radius 1 is 1.07 bits per heavy atom. The standard InChI is InChI=1S/C10H23ClO2Si/c1-9(2)12-14(5,8-6-7-11)13-10(3)4/h9-10H,6-8H2,1-5H3. The van der Waals surface area contributed by atoms with Gasteiger partial charge in [-0.1, -0.05) is 0 Å². The molecule has 0 atom stereocenters. The normalized spacial score (nSPS) is 12.9. The SMILES string of the molecule is CC(C)O[Si](C)(CCCCl)OC(C)C. The molecule has 0 N–H and O–H groups in total. The Morgan fingerprint density at radius 2 is 1.50 bits per heavy atom. The minimum atomic E-state index is -1.98. The second-order valence-corrected chi connectivity index (χ2v) is 7.88. The van der Waals surface area contributed by atoms with Crippen LogP contribution in [0.1, 0.15) is 34.1 Å². The van der Waals surface area contributed by atoms with Gasteiger partial charge in [0.2, 0.25) is 0 Å². The van der Waals surface area contributed by atoms with E-state index in [1.54, 1.807) is 0 Å². The molecular weight excluding hydrogens is 216 g/mol. The Morgan fingerprint density at radius 3 is 1.79 bits per heavy atom. The van der Waals surface area contributed by atoms with Crippen LogP contribution in [0, 0.1) is 0 Å². The van der Waals surface area contributed by atoms with Gasteiger partial charge in [-0.05, 0) is 46.7 Å². The zero-order chi connectivity index (χ0) is 11.2. The number of hydrogen-bond acceptors (Lipinski definition) is 2. The molecule has 0 rings (SSSR count). The van der Waals surface area contributed by atoms with Gasteiger partial charge in [0.15, 0.2) is 0 Å². The Balaban J connectivity index is 4.17. The average molecular weight is 239 g/mol. The molecule has 0 aliphatic carbocycles. The maximum Gasteiger partial charge on any atom is 0.335 e. The second-order valence-electron chi connectivity index (χ2n) is 4.26. The number of alkyl halides is 1. The topological polar surface area (TPSA) is 18.5 Å². The fourth-order valence-electron chi connectivity index (χ4n) is 1.53. The van der Waals surface area contributed by atoms with E-state index in [1.807, 2.05) is 0 Å². The van der Waals surface area contributed by atoms with E-state index >= 15 is 0 Å². The minimum absolute atomic E-state index is 0.237. The van der Waals surface area contributed by atoms with Crippen LogP contribution in [0.5, 0.6) is 0 Å². The van der Waals surface area contributed by atoms with E-state index in [0.29, 0.717) is 5.88 Å². The first-order valence-electron chi connectivity index (χ1n) is 5.31. The lowest BCUT2D eigenvalue weighted by atomic mass is 10.5. The van der Waals surface area contributed by atoms with E-state index in [1.165, 1.54) is 0 Å². The summed E-state index contributed by atoms with van der Waals surface area (Å²) >= 11 is 5.69. The highest BCUT2D eigenvalue weighted by Crippen LogP contribution is 2.20. The van der Waals surface area contributed by atoms with Gasteiger partial charge in [0.25, 0.3) is 0 Å². The molecule has 0 aromatic heterocycles. The van der Waals surface area contributed by atoms with E-state index in [-0.39, 0.29) is 12.2 Å². The van der Waals surface area contributed by atoms with Crippen molar-refractivity contribution in [1.29, 1.82) is 0 Å². The fourth-order valence-corrected chi connectivity index (χ4v) is 4.99. The highest BCUT2D eigenvalue weighted by molar-refractivity contribution is 6.66. The molecule has 0 aliphatic rings. The molecule has 0 heterocycles. The Kier molecular flexibility index (Phi) is 7.04. The molecule has 86 valence electrons. The Hall–Kier alpha value is 0.427. The first kappa shape index (κ1) is 14.4. The van der Waals surface area contributed by atoms with Gasteiger partial charge in [-0.2, -0.15) is 0 Å². The predicted molar refractivity (Wildman–Crippen MR) is 64.2 cm³/mol. The molecule has 0 amide bonds. The zero-order valence-corrected chi connectivity index (χ0v) is 11.7. The summed E-state index contributed by atoms with van der Waals surface area (Å²) in [6.45, 7) is 10.3. The quantitative estimate of drug-likeness (QED) is 0.499. The molecule has 0 aliphatic heterocycles. The first-order chi connectivity index (χ1) is 6.39. The van der Waals surface area contributed by atoms with Crippen molar-refractivity contribution in [2.75, 3.05) is 5.88 Å². The predicted octanol–water partition coefficient (Wildman–Crippen LogP) is 3.54. The summed E-state index contributed by atoms with van der Waals surface area (Å²) in [5.41, 5.74) is 0. The van der Waals surface area contributed by atoms with Crippen LogP contribution < -0.4 is 0 Å². The van der Waals surface area contributed by atoms with Crippen LogP contribution in [0.25, 0.3) is 0 Å². The molecule has 0 aromatic rings. The van der Waals surface area contributed by atoms with Crippen molar-refractivity contribution in [1.82, 2.24) is 0 Å². The maximum absolute atomic E-state index is 5.91. The van der Waals surface area contributed by atoms with E-state index < -0.39 is 8.56 Å². The largest absolute Gasteiger partial charge is 0.392 e. The van der Waals surface area contributed by atoms with Crippen LogP contribution in [0.3, 0.4) is 0 Å². The van der Waals surface area contributed by atoms with Crippen LogP contribution >= 0.6 is 11.6 Å². The molecule has 0 fully saturated rings. The van der Waals surface area contributed by atoms with Crippen LogP contribution in [0.2, 0.25) is 12.6 Å². The molecular formula is C10H23ClO2Si. The molecule has 0 bridgehead atoms. The smallest absolute Gasteiger partial charge is 0.335 e. The number of halogens is 1. The van der Waals surface area contributed by atoms with Gasteiger partial charge < -0.3 is 8.85 Å².